The molecule has 0 aromatic heterocycles. The van der Waals surface area contributed by atoms with Crippen molar-refractivity contribution in [2.75, 3.05) is 0 Å². The van der Waals surface area contributed by atoms with Crippen LogP contribution in [0.4, 0.5) is 0 Å². The van der Waals surface area contributed by atoms with Gasteiger partial charge in [0.1, 0.15) is 0 Å². The van der Waals surface area contributed by atoms with Gasteiger partial charge in [-0.05, 0) is 24.7 Å². The van der Waals surface area contributed by atoms with Gasteiger partial charge in [0.25, 0.3) is 0 Å². The third-order valence-electron chi connectivity index (χ3n) is 2.78. The van der Waals surface area contributed by atoms with Gasteiger partial charge in [-0.25, -0.2) is 0 Å². The molecule has 1 saturated carbocycles. The zero-order valence-electron chi connectivity index (χ0n) is 8.22. The number of rotatable bonds is 4. The van der Waals surface area contributed by atoms with E-state index in [1.54, 1.807) is 0 Å². The van der Waals surface area contributed by atoms with Gasteiger partial charge in [0, 0.05) is 12.1 Å². The van der Waals surface area contributed by atoms with E-state index in [0.717, 1.165) is 23.9 Å². The smallest absolute Gasteiger partial charge is 0.00990 e. The summed E-state index contributed by atoms with van der Waals surface area (Å²) in [7, 11) is 0. The lowest BCUT2D eigenvalue weighted by Gasteiger charge is -2.20. The maximum atomic E-state index is 3.69. The maximum absolute atomic E-state index is 3.69. The molecule has 1 nitrogen and oxygen atoms in total. The van der Waals surface area contributed by atoms with Gasteiger partial charge in [-0.3, -0.25) is 0 Å². The largest absolute Gasteiger partial charge is 0.311 e. The van der Waals surface area contributed by atoms with Crippen LogP contribution < -0.4 is 5.32 Å². The van der Waals surface area contributed by atoms with Crippen LogP contribution in [0.1, 0.15) is 40.5 Å². The van der Waals surface area contributed by atoms with Gasteiger partial charge in [-0.15, -0.1) is 0 Å². The second-order valence-corrected chi connectivity index (χ2v) is 4.24. The minimum absolute atomic E-state index is 0.741. The first-order valence-electron chi connectivity index (χ1n) is 4.91. The summed E-state index contributed by atoms with van der Waals surface area (Å²) in [6.07, 6.45) is 2.66. The fourth-order valence-corrected chi connectivity index (χ4v) is 1.61. The quantitative estimate of drug-likeness (QED) is 0.657. The number of hydrogen-bond donors (Lipinski definition) is 1. The Morgan fingerprint density at radius 2 is 2.00 bits per heavy atom. The normalized spacial score (nSPS) is 32.5. The van der Waals surface area contributed by atoms with Gasteiger partial charge in [-0.2, -0.15) is 0 Å². The van der Waals surface area contributed by atoms with Crippen molar-refractivity contribution in [2.24, 2.45) is 11.8 Å². The van der Waals surface area contributed by atoms with E-state index < -0.39 is 0 Å². The van der Waals surface area contributed by atoms with Crippen LogP contribution in [0.5, 0.6) is 0 Å². The predicted molar refractivity (Wildman–Crippen MR) is 49.6 cm³/mol. The Morgan fingerprint density at radius 3 is 2.27 bits per heavy atom. The molecule has 0 aromatic rings. The Labute approximate surface area is 70.6 Å². The Kier molecular flexibility index (Phi) is 2.94. The summed E-state index contributed by atoms with van der Waals surface area (Å²) < 4.78 is 0. The second-order valence-electron chi connectivity index (χ2n) is 4.24. The van der Waals surface area contributed by atoms with Crippen LogP contribution in [0.25, 0.3) is 0 Å². The lowest BCUT2D eigenvalue weighted by Crippen LogP contribution is -2.35. The van der Waals surface area contributed by atoms with E-state index in [9.17, 15) is 0 Å². The first-order valence-corrected chi connectivity index (χ1v) is 4.91. The highest BCUT2D eigenvalue weighted by atomic mass is 15.0. The minimum Gasteiger partial charge on any atom is -0.311 e. The molecule has 0 aliphatic heterocycles. The molecule has 1 aliphatic rings. The van der Waals surface area contributed by atoms with Crippen LogP contribution in [0.2, 0.25) is 0 Å². The number of nitrogens with one attached hydrogen (secondary N) is 1. The fraction of sp³-hybridized carbons (Fsp3) is 1.00. The van der Waals surface area contributed by atoms with Gasteiger partial charge in [0.2, 0.25) is 0 Å². The molecule has 66 valence electrons. The Morgan fingerprint density at radius 1 is 1.45 bits per heavy atom. The van der Waals surface area contributed by atoms with Crippen molar-refractivity contribution in [2.45, 2.75) is 52.6 Å². The Balaban J connectivity index is 2.21. The van der Waals surface area contributed by atoms with E-state index in [1.165, 1.54) is 12.8 Å². The lowest BCUT2D eigenvalue weighted by molar-refractivity contribution is 0.380. The molecule has 1 heteroatoms. The van der Waals surface area contributed by atoms with Gasteiger partial charge in [0.05, 0.1) is 0 Å². The van der Waals surface area contributed by atoms with E-state index in [4.69, 9.17) is 0 Å². The van der Waals surface area contributed by atoms with E-state index in [0.29, 0.717) is 0 Å². The van der Waals surface area contributed by atoms with E-state index in [-0.39, 0.29) is 0 Å². The van der Waals surface area contributed by atoms with Gasteiger partial charge >= 0.3 is 0 Å². The summed E-state index contributed by atoms with van der Waals surface area (Å²) in [5.41, 5.74) is 0. The van der Waals surface area contributed by atoms with Crippen LogP contribution in [0.3, 0.4) is 0 Å². The number of hydrogen-bond acceptors (Lipinski definition) is 1. The Bertz CT molecular complexity index is 120. The van der Waals surface area contributed by atoms with Gasteiger partial charge in [0.15, 0.2) is 0 Å². The summed E-state index contributed by atoms with van der Waals surface area (Å²) in [6.45, 7) is 9.19. The van der Waals surface area contributed by atoms with Crippen molar-refractivity contribution in [1.82, 2.24) is 5.32 Å². The van der Waals surface area contributed by atoms with Crippen LogP contribution >= 0.6 is 0 Å². The molecule has 0 aromatic carbocycles. The average Bonchev–Trinajstić information content (AvgIpc) is 2.61. The van der Waals surface area contributed by atoms with E-state index in [2.05, 4.69) is 33.0 Å². The molecule has 1 fully saturated rings. The van der Waals surface area contributed by atoms with Crippen LogP contribution in [0, 0.1) is 11.8 Å². The summed E-state index contributed by atoms with van der Waals surface area (Å²) in [5, 5.41) is 3.69. The molecule has 0 amide bonds. The fourth-order valence-electron chi connectivity index (χ4n) is 1.61. The molecule has 3 atom stereocenters. The molecule has 0 saturated heterocycles. The topological polar surface area (TPSA) is 12.0 Å². The summed E-state index contributed by atoms with van der Waals surface area (Å²) in [4.78, 5) is 0. The molecule has 0 bridgehead atoms. The molecule has 3 unspecified atom stereocenters. The third-order valence-corrected chi connectivity index (χ3v) is 2.78. The molecule has 1 rings (SSSR count). The van der Waals surface area contributed by atoms with E-state index >= 15 is 0 Å². The van der Waals surface area contributed by atoms with Crippen LogP contribution in [-0.2, 0) is 0 Å². The van der Waals surface area contributed by atoms with Gasteiger partial charge < -0.3 is 5.32 Å². The van der Waals surface area contributed by atoms with E-state index in [1.807, 2.05) is 0 Å². The first-order chi connectivity index (χ1) is 5.15. The summed E-state index contributed by atoms with van der Waals surface area (Å²) in [5.74, 6) is 1.72. The highest BCUT2D eigenvalue weighted by Crippen LogP contribution is 2.30. The first kappa shape index (κ1) is 9.05. The molecule has 1 aliphatic carbocycles. The molecule has 0 spiro atoms. The lowest BCUT2D eigenvalue weighted by atomic mass is 10.0. The minimum atomic E-state index is 0.741. The Hall–Kier alpha value is -0.0400. The predicted octanol–water partition coefficient (Wildman–Crippen LogP) is 2.42. The highest BCUT2D eigenvalue weighted by molar-refractivity contribution is 4.92. The molecule has 1 N–H and O–H groups in total. The molecular formula is C10H21N. The highest BCUT2D eigenvalue weighted by Gasteiger charge is 2.34. The summed E-state index contributed by atoms with van der Waals surface area (Å²) in [6, 6.07) is 1.58. The average molecular weight is 155 g/mol. The third kappa shape index (κ3) is 2.48. The van der Waals surface area contributed by atoms with Gasteiger partial charge in [-0.1, -0.05) is 27.7 Å². The molecular weight excluding hydrogens is 134 g/mol. The van der Waals surface area contributed by atoms with Crippen molar-refractivity contribution < 1.29 is 0 Å². The van der Waals surface area contributed by atoms with Crippen LogP contribution in [-0.4, -0.2) is 12.1 Å². The van der Waals surface area contributed by atoms with Crippen molar-refractivity contribution in [3.05, 3.63) is 0 Å². The van der Waals surface area contributed by atoms with Crippen LogP contribution in [0.15, 0.2) is 0 Å². The SMILES string of the molecule is CCC(NC1CC1C)C(C)C. The second kappa shape index (κ2) is 3.57. The molecule has 0 radical (unpaired) electrons. The zero-order chi connectivity index (χ0) is 8.43. The molecule has 0 heterocycles. The van der Waals surface area contributed by atoms with Crippen molar-refractivity contribution in [3.8, 4) is 0 Å². The maximum Gasteiger partial charge on any atom is 0.00990 e. The zero-order valence-corrected chi connectivity index (χ0v) is 8.22. The monoisotopic (exact) mass is 155 g/mol. The van der Waals surface area contributed by atoms with Crippen molar-refractivity contribution in [3.63, 3.8) is 0 Å². The van der Waals surface area contributed by atoms with Crippen molar-refractivity contribution >= 4 is 0 Å². The standard InChI is InChI=1S/C10H21N/c1-5-9(7(2)3)11-10-6-8(10)4/h7-11H,5-6H2,1-4H3. The summed E-state index contributed by atoms with van der Waals surface area (Å²) >= 11 is 0. The van der Waals surface area contributed by atoms with Crippen molar-refractivity contribution in [1.29, 1.82) is 0 Å². The molecule has 11 heavy (non-hydrogen) atoms.